The van der Waals surface area contributed by atoms with Crippen LogP contribution in [0.4, 0.5) is 34.1 Å². The predicted molar refractivity (Wildman–Crippen MR) is 120 cm³/mol. The van der Waals surface area contributed by atoms with Gasteiger partial charge >= 0.3 is 11.4 Å². The minimum absolute atomic E-state index is 0.0632. The van der Waals surface area contributed by atoms with E-state index in [0.29, 0.717) is 11.1 Å². The first-order chi connectivity index (χ1) is 16.2. The van der Waals surface area contributed by atoms with Gasteiger partial charge in [0.25, 0.3) is 11.4 Å². The zero-order valence-electron chi connectivity index (χ0n) is 16.9. The standard InChI is InChI=1S/C20H12N6O8/c27-23(28)15-5-7-17(19(9-15)25(31)32)21-11-13-1-2-14(4-3-13)12-22-18-8-6-16(24(29)30)10-20(18)26(33)34/h1-12H. The van der Waals surface area contributed by atoms with Gasteiger partial charge in [0, 0.05) is 24.6 Å². The largest absolute Gasteiger partial charge is 0.301 e. The van der Waals surface area contributed by atoms with Crippen LogP contribution in [0.3, 0.4) is 0 Å². The van der Waals surface area contributed by atoms with Gasteiger partial charge in [0.1, 0.15) is 11.4 Å². The van der Waals surface area contributed by atoms with Crippen molar-refractivity contribution in [2.24, 2.45) is 9.98 Å². The Morgan fingerprint density at radius 2 is 0.882 bits per heavy atom. The van der Waals surface area contributed by atoms with E-state index in [0.717, 1.165) is 24.3 Å². The molecule has 0 bridgehead atoms. The van der Waals surface area contributed by atoms with E-state index in [-0.39, 0.29) is 11.4 Å². The monoisotopic (exact) mass is 464 g/mol. The first-order valence-corrected chi connectivity index (χ1v) is 9.19. The SMILES string of the molecule is O=[N+]([O-])c1ccc(N=Cc2ccc(C=Nc3ccc([N+](=O)[O-])cc3[N+](=O)[O-])cc2)c([N+](=O)[O-])c1. The molecule has 0 heterocycles. The van der Waals surface area contributed by atoms with E-state index in [4.69, 9.17) is 0 Å². The highest BCUT2D eigenvalue weighted by atomic mass is 16.6. The molecule has 0 saturated carbocycles. The van der Waals surface area contributed by atoms with E-state index < -0.39 is 42.4 Å². The molecule has 0 spiro atoms. The fourth-order valence-electron chi connectivity index (χ4n) is 2.72. The lowest BCUT2D eigenvalue weighted by Crippen LogP contribution is -1.93. The van der Waals surface area contributed by atoms with Crippen LogP contribution in [0.2, 0.25) is 0 Å². The summed E-state index contributed by atoms with van der Waals surface area (Å²) in [6, 6.07) is 12.6. The Balaban J connectivity index is 1.80. The van der Waals surface area contributed by atoms with E-state index in [1.165, 1.54) is 24.6 Å². The molecule has 0 amide bonds. The lowest BCUT2D eigenvalue weighted by Gasteiger charge is -1.99. The zero-order chi connectivity index (χ0) is 24.8. The van der Waals surface area contributed by atoms with Crippen LogP contribution in [0, 0.1) is 40.5 Å². The molecule has 3 aromatic rings. The predicted octanol–water partition coefficient (Wildman–Crippen LogP) is 4.82. The van der Waals surface area contributed by atoms with E-state index >= 15 is 0 Å². The maximum absolute atomic E-state index is 11.2. The summed E-state index contributed by atoms with van der Waals surface area (Å²) in [5.41, 5.74) is -0.918. The van der Waals surface area contributed by atoms with Gasteiger partial charge in [-0.1, -0.05) is 24.3 Å². The number of nitro benzene ring substituents is 4. The molecule has 3 aromatic carbocycles. The highest BCUT2D eigenvalue weighted by Gasteiger charge is 2.19. The minimum atomic E-state index is -0.767. The van der Waals surface area contributed by atoms with Crippen LogP contribution < -0.4 is 0 Å². The molecule has 14 nitrogen and oxygen atoms in total. The topological polar surface area (TPSA) is 197 Å². The van der Waals surface area contributed by atoms with Crippen molar-refractivity contribution >= 4 is 46.6 Å². The molecule has 0 radical (unpaired) electrons. The smallest absolute Gasteiger partial charge is 0.258 e. The van der Waals surface area contributed by atoms with Crippen molar-refractivity contribution in [2.75, 3.05) is 0 Å². The van der Waals surface area contributed by atoms with Gasteiger partial charge in [0.2, 0.25) is 0 Å². The van der Waals surface area contributed by atoms with Crippen LogP contribution in [-0.2, 0) is 0 Å². The van der Waals surface area contributed by atoms with Crippen LogP contribution >= 0.6 is 0 Å². The minimum Gasteiger partial charge on any atom is -0.258 e. The number of aliphatic imine (C=N–C) groups is 2. The van der Waals surface area contributed by atoms with Gasteiger partial charge in [-0.05, 0) is 23.3 Å². The molecule has 0 aliphatic carbocycles. The molecular weight excluding hydrogens is 452 g/mol. The molecular formula is C20H12N6O8. The summed E-state index contributed by atoms with van der Waals surface area (Å²) in [6.45, 7) is 0. The summed E-state index contributed by atoms with van der Waals surface area (Å²) >= 11 is 0. The number of benzene rings is 3. The second-order valence-electron chi connectivity index (χ2n) is 6.56. The Bertz CT molecular complexity index is 1260. The highest BCUT2D eigenvalue weighted by molar-refractivity contribution is 5.87. The average Bonchev–Trinajstić information content (AvgIpc) is 2.81. The first-order valence-electron chi connectivity index (χ1n) is 9.19. The van der Waals surface area contributed by atoms with Crippen molar-refractivity contribution in [3.63, 3.8) is 0 Å². The molecule has 0 aliphatic heterocycles. The summed E-state index contributed by atoms with van der Waals surface area (Å²) in [4.78, 5) is 49.0. The van der Waals surface area contributed by atoms with E-state index in [1.807, 2.05) is 0 Å². The number of non-ortho nitro benzene ring substituents is 2. The van der Waals surface area contributed by atoms with Gasteiger partial charge in [0.05, 0.1) is 31.8 Å². The summed E-state index contributed by atoms with van der Waals surface area (Å²) in [5.74, 6) is 0. The molecule has 14 heteroatoms. The lowest BCUT2D eigenvalue weighted by atomic mass is 10.1. The van der Waals surface area contributed by atoms with Crippen molar-refractivity contribution < 1.29 is 19.7 Å². The third-order valence-corrected chi connectivity index (χ3v) is 4.37. The van der Waals surface area contributed by atoms with Crippen molar-refractivity contribution in [3.05, 3.63) is 112 Å². The van der Waals surface area contributed by atoms with Gasteiger partial charge in [-0.25, -0.2) is 9.98 Å². The molecule has 0 N–H and O–H groups in total. The molecule has 0 aromatic heterocycles. The Hall–Kier alpha value is -5.40. The van der Waals surface area contributed by atoms with Crippen molar-refractivity contribution in [2.45, 2.75) is 0 Å². The normalized spacial score (nSPS) is 11.1. The lowest BCUT2D eigenvalue weighted by molar-refractivity contribution is -0.393. The van der Waals surface area contributed by atoms with Crippen LogP contribution in [0.1, 0.15) is 11.1 Å². The Morgan fingerprint density at radius 3 is 1.18 bits per heavy atom. The molecule has 0 atom stereocenters. The van der Waals surface area contributed by atoms with E-state index in [1.54, 1.807) is 24.3 Å². The Labute approximate surface area is 189 Å². The fraction of sp³-hybridized carbons (Fsp3) is 0. The van der Waals surface area contributed by atoms with Crippen molar-refractivity contribution in [3.8, 4) is 0 Å². The molecule has 0 fully saturated rings. The quantitative estimate of drug-likeness (QED) is 0.256. The fourth-order valence-corrected chi connectivity index (χ4v) is 2.72. The molecule has 0 saturated heterocycles. The maximum atomic E-state index is 11.2. The van der Waals surface area contributed by atoms with Crippen molar-refractivity contribution in [1.82, 2.24) is 0 Å². The Morgan fingerprint density at radius 1 is 0.529 bits per heavy atom. The van der Waals surface area contributed by atoms with Crippen LogP contribution in [-0.4, -0.2) is 32.1 Å². The molecule has 3 rings (SSSR count). The summed E-state index contributed by atoms with van der Waals surface area (Å²) in [5, 5.41) is 44.0. The van der Waals surface area contributed by atoms with E-state index in [9.17, 15) is 40.5 Å². The zero-order valence-corrected chi connectivity index (χ0v) is 16.9. The van der Waals surface area contributed by atoms with Gasteiger partial charge < -0.3 is 0 Å². The van der Waals surface area contributed by atoms with E-state index in [2.05, 4.69) is 9.98 Å². The average molecular weight is 464 g/mol. The van der Waals surface area contributed by atoms with Gasteiger partial charge in [-0.2, -0.15) is 0 Å². The number of nitro groups is 4. The van der Waals surface area contributed by atoms with Gasteiger partial charge in [-0.3, -0.25) is 40.5 Å². The molecule has 170 valence electrons. The summed E-state index contributed by atoms with van der Waals surface area (Å²) in [7, 11) is 0. The molecule has 0 unspecified atom stereocenters. The van der Waals surface area contributed by atoms with Crippen LogP contribution in [0.25, 0.3) is 0 Å². The third-order valence-electron chi connectivity index (χ3n) is 4.37. The number of rotatable bonds is 8. The van der Waals surface area contributed by atoms with Crippen LogP contribution in [0.15, 0.2) is 70.6 Å². The summed E-state index contributed by atoms with van der Waals surface area (Å²) in [6.07, 6.45) is 2.66. The van der Waals surface area contributed by atoms with Crippen molar-refractivity contribution in [1.29, 1.82) is 0 Å². The maximum Gasteiger partial charge on any atom is 0.301 e. The van der Waals surface area contributed by atoms with Gasteiger partial charge in [-0.15, -0.1) is 0 Å². The number of nitrogens with zero attached hydrogens (tertiary/aromatic N) is 6. The second-order valence-corrected chi connectivity index (χ2v) is 6.56. The first kappa shape index (κ1) is 23.3. The van der Waals surface area contributed by atoms with Crippen LogP contribution in [0.5, 0.6) is 0 Å². The molecule has 0 aliphatic rings. The number of hydrogen-bond donors (Lipinski definition) is 0. The van der Waals surface area contributed by atoms with Gasteiger partial charge in [0.15, 0.2) is 0 Å². The number of hydrogen-bond acceptors (Lipinski definition) is 10. The Kier molecular flexibility index (Phi) is 6.72. The molecule has 34 heavy (non-hydrogen) atoms. The highest BCUT2D eigenvalue weighted by Crippen LogP contribution is 2.32. The third kappa shape index (κ3) is 5.44. The summed E-state index contributed by atoms with van der Waals surface area (Å²) < 4.78 is 0. The second kappa shape index (κ2) is 9.82.